The molecule has 0 fully saturated rings. The zero-order chi connectivity index (χ0) is 20.8. The van der Waals surface area contributed by atoms with Crippen LogP contribution < -0.4 is 0 Å². The van der Waals surface area contributed by atoms with Gasteiger partial charge in [-0.25, -0.2) is 0 Å². The summed E-state index contributed by atoms with van der Waals surface area (Å²) >= 11 is 0. The van der Waals surface area contributed by atoms with Gasteiger partial charge in [-0.1, -0.05) is 30.3 Å². The second kappa shape index (κ2) is 19.8. The second-order valence-electron chi connectivity index (χ2n) is 5.93. The zero-order valence-corrected chi connectivity index (χ0v) is 17.3. The standard InChI is InChI=1S/C21H34O8/c1-23-21(22)7-8-24-9-10-25-11-12-26-13-14-27-15-16-28-17-18-29-19-20-5-3-2-4-6-20/h2-6H,7-19H2,1H3. The summed E-state index contributed by atoms with van der Waals surface area (Å²) in [7, 11) is 1.36. The Morgan fingerprint density at radius 2 is 1.03 bits per heavy atom. The molecule has 1 aromatic carbocycles. The number of ether oxygens (including phenoxy) is 7. The molecule has 0 saturated heterocycles. The average Bonchev–Trinajstić information content (AvgIpc) is 2.75. The van der Waals surface area contributed by atoms with E-state index in [9.17, 15) is 4.79 Å². The highest BCUT2D eigenvalue weighted by molar-refractivity contribution is 5.69. The van der Waals surface area contributed by atoms with Gasteiger partial charge in [0.1, 0.15) is 0 Å². The normalized spacial score (nSPS) is 10.9. The molecule has 0 amide bonds. The molecular formula is C21H34O8. The van der Waals surface area contributed by atoms with E-state index in [2.05, 4.69) is 4.74 Å². The number of methoxy groups -OCH3 is 1. The Hall–Kier alpha value is -1.55. The number of hydrogen-bond acceptors (Lipinski definition) is 8. The highest BCUT2D eigenvalue weighted by Crippen LogP contribution is 1.99. The summed E-state index contributed by atoms with van der Waals surface area (Å²) in [5.41, 5.74) is 1.16. The van der Waals surface area contributed by atoms with Crippen molar-refractivity contribution in [2.24, 2.45) is 0 Å². The molecule has 0 unspecified atom stereocenters. The van der Waals surface area contributed by atoms with E-state index < -0.39 is 0 Å². The maximum Gasteiger partial charge on any atom is 0.307 e. The smallest absolute Gasteiger partial charge is 0.307 e. The Kier molecular flexibility index (Phi) is 17.4. The molecule has 0 aliphatic rings. The van der Waals surface area contributed by atoms with Gasteiger partial charge in [0.2, 0.25) is 0 Å². The lowest BCUT2D eigenvalue weighted by atomic mass is 10.2. The van der Waals surface area contributed by atoms with Crippen molar-refractivity contribution in [2.45, 2.75) is 13.0 Å². The Labute approximate surface area is 173 Å². The molecule has 0 atom stereocenters. The SMILES string of the molecule is COC(=O)CCOCCOCCOCCOCCOCCOCc1ccccc1. The van der Waals surface area contributed by atoms with Crippen LogP contribution in [0.15, 0.2) is 30.3 Å². The molecule has 0 heterocycles. The van der Waals surface area contributed by atoms with Gasteiger partial charge in [-0.05, 0) is 5.56 Å². The van der Waals surface area contributed by atoms with Gasteiger partial charge in [-0.3, -0.25) is 4.79 Å². The number of rotatable bonds is 20. The Bertz CT molecular complexity index is 483. The first-order chi connectivity index (χ1) is 14.3. The lowest BCUT2D eigenvalue weighted by molar-refractivity contribution is -0.141. The number of carbonyl (C=O) groups is 1. The van der Waals surface area contributed by atoms with E-state index in [1.807, 2.05) is 30.3 Å². The van der Waals surface area contributed by atoms with Crippen molar-refractivity contribution in [3.63, 3.8) is 0 Å². The molecule has 166 valence electrons. The lowest BCUT2D eigenvalue weighted by Crippen LogP contribution is -2.14. The third-order valence-corrected chi connectivity index (χ3v) is 3.65. The van der Waals surface area contributed by atoms with E-state index in [4.69, 9.17) is 28.4 Å². The first kappa shape index (κ1) is 25.5. The third-order valence-electron chi connectivity index (χ3n) is 3.65. The molecule has 0 aliphatic carbocycles. The van der Waals surface area contributed by atoms with Crippen LogP contribution in [0, 0.1) is 0 Å². The summed E-state index contributed by atoms with van der Waals surface area (Å²) in [5.74, 6) is -0.277. The number of carbonyl (C=O) groups excluding carboxylic acids is 1. The highest BCUT2D eigenvalue weighted by Gasteiger charge is 1.99. The van der Waals surface area contributed by atoms with Crippen LogP contribution in [0.2, 0.25) is 0 Å². The summed E-state index contributed by atoms with van der Waals surface area (Å²) in [4.78, 5) is 10.9. The van der Waals surface area contributed by atoms with Gasteiger partial charge in [0.05, 0.1) is 92.8 Å². The molecule has 8 heteroatoms. The molecule has 0 saturated carbocycles. The summed E-state index contributed by atoms with van der Waals surface area (Å²) in [6, 6.07) is 10.0. The van der Waals surface area contributed by atoms with Gasteiger partial charge in [0, 0.05) is 0 Å². The van der Waals surface area contributed by atoms with Gasteiger partial charge < -0.3 is 33.2 Å². The van der Waals surface area contributed by atoms with Crippen molar-refractivity contribution in [1.29, 1.82) is 0 Å². The van der Waals surface area contributed by atoms with Crippen LogP contribution in [0.4, 0.5) is 0 Å². The maximum absolute atomic E-state index is 10.9. The lowest BCUT2D eigenvalue weighted by Gasteiger charge is -2.08. The quantitative estimate of drug-likeness (QED) is 0.236. The topological polar surface area (TPSA) is 81.7 Å². The first-order valence-electron chi connectivity index (χ1n) is 9.90. The second-order valence-corrected chi connectivity index (χ2v) is 5.93. The van der Waals surface area contributed by atoms with Crippen LogP contribution in [0.5, 0.6) is 0 Å². The van der Waals surface area contributed by atoms with Crippen LogP contribution in [0.25, 0.3) is 0 Å². The van der Waals surface area contributed by atoms with Crippen LogP contribution in [-0.4, -0.2) is 85.8 Å². The molecule has 0 aliphatic heterocycles. The molecule has 0 radical (unpaired) electrons. The Balaban J connectivity index is 1.68. The van der Waals surface area contributed by atoms with Crippen LogP contribution >= 0.6 is 0 Å². The molecule has 0 N–H and O–H groups in total. The van der Waals surface area contributed by atoms with Gasteiger partial charge >= 0.3 is 5.97 Å². The van der Waals surface area contributed by atoms with Crippen LogP contribution in [0.1, 0.15) is 12.0 Å². The fourth-order valence-corrected chi connectivity index (χ4v) is 2.12. The fourth-order valence-electron chi connectivity index (χ4n) is 2.12. The summed E-state index contributed by atoms with van der Waals surface area (Å²) in [6.45, 7) is 6.06. The van der Waals surface area contributed by atoms with E-state index in [0.717, 1.165) is 5.56 Å². The molecule has 1 rings (SSSR count). The predicted octanol–water partition coefficient (Wildman–Crippen LogP) is 1.85. The van der Waals surface area contributed by atoms with E-state index in [1.54, 1.807) is 0 Å². The largest absolute Gasteiger partial charge is 0.469 e. The molecule has 0 aromatic heterocycles. The van der Waals surface area contributed by atoms with Crippen molar-refractivity contribution < 1.29 is 38.0 Å². The van der Waals surface area contributed by atoms with Crippen molar-refractivity contribution >= 4 is 5.97 Å². The summed E-state index contributed by atoms with van der Waals surface area (Å²) in [6.07, 6.45) is 0.257. The molecule has 0 spiro atoms. The predicted molar refractivity (Wildman–Crippen MR) is 107 cm³/mol. The third kappa shape index (κ3) is 17.1. The average molecular weight is 414 g/mol. The molecule has 1 aromatic rings. The highest BCUT2D eigenvalue weighted by atomic mass is 16.6. The van der Waals surface area contributed by atoms with Gasteiger partial charge in [-0.15, -0.1) is 0 Å². The van der Waals surface area contributed by atoms with Crippen molar-refractivity contribution in [3.8, 4) is 0 Å². The molecule has 29 heavy (non-hydrogen) atoms. The maximum atomic E-state index is 10.9. The number of benzene rings is 1. The molecule has 8 nitrogen and oxygen atoms in total. The minimum Gasteiger partial charge on any atom is -0.469 e. The van der Waals surface area contributed by atoms with Gasteiger partial charge in [0.25, 0.3) is 0 Å². The number of esters is 1. The minimum atomic E-state index is -0.277. The molecule has 0 bridgehead atoms. The fraction of sp³-hybridized carbons (Fsp3) is 0.667. The Morgan fingerprint density at radius 3 is 1.48 bits per heavy atom. The minimum absolute atomic E-state index is 0.257. The summed E-state index contributed by atoms with van der Waals surface area (Å²) < 4.78 is 36.9. The van der Waals surface area contributed by atoms with E-state index in [-0.39, 0.29) is 12.4 Å². The Morgan fingerprint density at radius 1 is 0.621 bits per heavy atom. The van der Waals surface area contributed by atoms with E-state index >= 15 is 0 Å². The van der Waals surface area contributed by atoms with Crippen molar-refractivity contribution in [1.82, 2.24) is 0 Å². The van der Waals surface area contributed by atoms with Gasteiger partial charge in [0.15, 0.2) is 0 Å². The summed E-state index contributed by atoms with van der Waals surface area (Å²) in [5, 5.41) is 0. The van der Waals surface area contributed by atoms with Crippen LogP contribution in [-0.2, 0) is 44.6 Å². The van der Waals surface area contributed by atoms with Crippen LogP contribution in [0.3, 0.4) is 0 Å². The zero-order valence-electron chi connectivity index (χ0n) is 17.3. The monoisotopic (exact) mass is 414 g/mol. The number of hydrogen-bond donors (Lipinski definition) is 0. The van der Waals surface area contributed by atoms with E-state index in [1.165, 1.54) is 7.11 Å². The van der Waals surface area contributed by atoms with Gasteiger partial charge in [-0.2, -0.15) is 0 Å². The molecular weight excluding hydrogens is 380 g/mol. The first-order valence-corrected chi connectivity index (χ1v) is 9.90. The van der Waals surface area contributed by atoms with Crippen molar-refractivity contribution in [2.75, 3.05) is 79.8 Å². The van der Waals surface area contributed by atoms with E-state index in [0.29, 0.717) is 79.3 Å². The van der Waals surface area contributed by atoms with Crippen molar-refractivity contribution in [3.05, 3.63) is 35.9 Å².